The first-order valence-corrected chi connectivity index (χ1v) is 17.3. The van der Waals surface area contributed by atoms with Crippen LogP contribution in [-0.4, -0.2) is 70.5 Å². The molecule has 1 aromatic carbocycles. The van der Waals surface area contributed by atoms with E-state index in [1.54, 1.807) is 0 Å². The monoisotopic (exact) mass is 661 g/mol. The van der Waals surface area contributed by atoms with Gasteiger partial charge in [-0.25, -0.2) is 14.4 Å². The number of aliphatic hydroxyl groups is 1. The van der Waals surface area contributed by atoms with Crippen molar-refractivity contribution in [3.63, 3.8) is 0 Å². The highest BCUT2D eigenvalue weighted by Gasteiger charge is 2.30. The number of hydrogen-bond acceptors (Lipinski definition) is 9. The van der Waals surface area contributed by atoms with E-state index in [2.05, 4.69) is 42.0 Å². The maximum Gasteiger partial charge on any atom is 0.280 e. The topological polar surface area (TPSA) is 110 Å². The van der Waals surface area contributed by atoms with Gasteiger partial charge >= 0.3 is 0 Å². The highest BCUT2D eigenvalue weighted by atomic mass is 32.1. The van der Waals surface area contributed by atoms with Crippen molar-refractivity contribution in [2.45, 2.75) is 71.4 Å². The fraction of sp³-hybridized carbons (Fsp3) is 0.500. The number of ether oxygens (including phenoxy) is 2. The zero-order chi connectivity index (χ0) is 33.1. The van der Waals surface area contributed by atoms with Gasteiger partial charge in [0.05, 0.1) is 24.0 Å². The van der Waals surface area contributed by atoms with Crippen molar-refractivity contribution in [1.82, 2.24) is 25.2 Å². The van der Waals surface area contributed by atoms with Crippen LogP contribution in [0.1, 0.15) is 79.1 Å². The van der Waals surface area contributed by atoms with Gasteiger partial charge < -0.3 is 24.8 Å². The van der Waals surface area contributed by atoms with E-state index in [4.69, 9.17) is 19.4 Å². The SMILES string of the molecule is COCOc1cnc(-c2ccc([C@@H](CCN3CCC(O)CC3)NC(=O)c3nc4cc5c(nc4s3)CCC(C(C)(C)C)C5)cc2)cc1F. The van der Waals surface area contributed by atoms with Crippen molar-refractivity contribution < 1.29 is 23.8 Å². The Kier molecular flexibility index (Phi) is 10.2. The van der Waals surface area contributed by atoms with Gasteiger partial charge in [-0.15, -0.1) is 0 Å². The smallest absolute Gasteiger partial charge is 0.280 e. The van der Waals surface area contributed by atoms with Gasteiger partial charge in [-0.1, -0.05) is 56.4 Å². The highest BCUT2D eigenvalue weighted by Crippen LogP contribution is 2.38. The number of thiazole rings is 1. The second-order valence-corrected chi connectivity index (χ2v) is 14.8. The summed E-state index contributed by atoms with van der Waals surface area (Å²) in [6.07, 6.45) is 6.36. The molecule has 1 fully saturated rings. The number of amides is 1. The fourth-order valence-corrected chi connectivity index (χ4v) is 7.38. The number of rotatable bonds is 10. The number of aromatic nitrogens is 3. The molecule has 1 amide bonds. The van der Waals surface area contributed by atoms with Gasteiger partial charge in [0, 0.05) is 44.1 Å². The normalized spacial score (nSPS) is 18.2. The third-order valence-corrected chi connectivity index (χ3v) is 10.5. The predicted molar refractivity (Wildman–Crippen MR) is 181 cm³/mol. The number of halogens is 1. The minimum absolute atomic E-state index is 0.0274. The van der Waals surface area contributed by atoms with E-state index in [0.29, 0.717) is 23.0 Å². The summed E-state index contributed by atoms with van der Waals surface area (Å²) in [6, 6.07) is 10.9. The molecule has 1 saturated heterocycles. The van der Waals surface area contributed by atoms with Gasteiger partial charge in [-0.2, -0.15) is 0 Å². The number of aryl methyl sites for hydroxylation is 1. The molecule has 2 aliphatic rings. The molecule has 0 spiro atoms. The molecule has 4 aromatic rings. The Bertz CT molecular complexity index is 1700. The van der Waals surface area contributed by atoms with Gasteiger partial charge in [-0.3, -0.25) is 9.78 Å². The number of likely N-dealkylation sites (tertiary alicyclic amines) is 1. The van der Waals surface area contributed by atoms with E-state index < -0.39 is 5.82 Å². The Morgan fingerprint density at radius 1 is 1.15 bits per heavy atom. The third-order valence-electron chi connectivity index (χ3n) is 9.52. The molecule has 1 aliphatic heterocycles. The first kappa shape index (κ1) is 33.4. The summed E-state index contributed by atoms with van der Waals surface area (Å²) in [5, 5.41) is 13.6. The summed E-state index contributed by atoms with van der Waals surface area (Å²) >= 11 is 1.34. The Labute approximate surface area is 279 Å². The average molecular weight is 662 g/mol. The number of piperidine rings is 1. The van der Waals surface area contributed by atoms with Crippen LogP contribution in [0.15, 0.2) is 42.6 Å². The predicted octanol–water partition coefficient (Wildman–Crippen LogP) is 6.34. The third kappa shape index (κ3) is 7.97. The number of carbonyl (C=O) groups excluding carboxylic acids is 1. The van der Waals surface area contributed by atoms with Crippen LogP contribution in [0.3, 0.4) is 0 Å². The van der Waals surface area contributed by atoms with Crippen molar-refractivity contribution in [2.24, 2.45) is 11.3 Å². The van der Waals surface area contributed by atoms with Gasteiger partial charge in [0.2, 0.25) is 0 Å². The number of carbonyl (C=O) groups is 1. The van der Waals surface area contributed by atoms with Gasteiger partial charge in [0.25, 0.3) is 5.91 Å². The van der Waals surface area contributed by atoms with E-state index in [1.807, 2.05) is 24.3 Å². The van der Waals surface area contributed by atoms with Crippen LogP contribution in [0.25, 0.3) is 21.6 Å². The van der Waals surface area contributed by atoms with Crippen molar-refractivity contribution in [2.75, 3.05) is 33.5 Å². The molecular weight excluding hydrogens is 617 g/mol. The minimum Gasteiger partial charge on any atom is -0.463 e. The summed E-state index contributed by atoms with van der Waals surface area (Å²) in [6.45, 7) is 9.26. The number of benzene rings is 1. The molecule has 47 heavy (non-hydrogen) atoms. The molecule has 4 heterocycles. The van der Waals surface area contributed by atoms with Gasteiger partial charge in [-0.05, 0) is 67.1 Å². The lowest BCUT2D eigenvalue weighted by Gasteiger charge is -2.34. The quantitative estimate of drug-likeness (QED) is 0.190. The van der Waals surface area contributed by atoms with Crippen LogP contribution in [0.2, 0.25) is 0 Å². The fourth-order valence-electron chi connectivity index (χ4n) is 6.54. The second-order valence-electron chi connectivity index (χ2n) is 13.8. The zero-order valence-corrected chi connectivity index (χ0v) is 28.4. The molecule has 1 aliphatic carbocycles. The molecule has 0 saturated carbocycles. The zero-order valence-electron chi connectivity index (χ0n) is 27.6. The molecule has 2 atom stereocenters. The van der Waals surface area contributed by atoms with Crippen molar-refractivity contribution in [3.8, 4) is 17.0 Å². The largest absolute Gasteiger partial charge is 0.463 e. The Morgan fingerprint density at radius 3 is 2.62 bits per heavy atom. The summed E-state index contributed by atoms with van der Waals surface area (Å²) in [5.41, 5.74) is 5.54. The van der Waals surface area contributed by atoms with Crippen LogP contribution in [0.4, 0.5) is 4.39 Å². The van der Waals surface area contributed by atoms with E-state index in [1.165, 1.54) is 36.3 Å². The lowest BCUT2D eigenvalue weighted by molar-refractivity contribution is 0.0480. The maximum atomic E-state index is 14.6. The number of hydrogen-bond donors (Lipinski definition) is 2. The summed E-state index contributed by atoms with van der Waals surface area (Å²) in [4.78, 5) is 30.9. The molecule has 9 nitrogen and oxygen atoms in total. The Hall–Kier alpha value is -3.51. The minimum atomic E-state index is -0.520. The van der Waals surface area contributed by atoms with Crippen LogP contribution < -0.4 is 10.1 Å². The second kappa shape index (κ2) is 14.3. The van der Waals surface area contributed by atoms with E-state index >= 15 is 0 Å². The Balaban J connectivity index is 1.20. The molecule has 6 rings (SSSR count). The van der Waals surface area contributed by atoms with Gasteiger partial charge in [0.15, 0.2) is 23.4 Å². The molecule has 250 valence electrons. The van der Waals surface area contributed by atoms with Gasteiger partial charge in [0.1, 0.15) is 10.3 Å². The number of nitrogens with one attached hydrogen (secondary N) is 1. The van der Waals surface area contributed by atoms with Crippen LogP contribution in [0, 0.1) is 17.2 Å². The first-order chi connectivity index (χ1) is 22.6. The molecule has 2 N–H and O–H groups in total. The lowest BCUT2D eigenvalue weighted by Crippen LogP contribution is -2.38. The van der Waals surface area contributed by atoms with Crippen LogP contribution >= 0.6 is 11.3 Å². The van der Waals surface area contributed by atoms with Crippen LogP contribution in [0.5, 0.6) is 5.75 Å². The molecule has 11 heteroatoms. The molecule has 0 bridgehead atoms. The number of pyridine rings is 2. The van der Waals surface area contributed by atoms with Crippen molar-refractivity contribution >= 4 is 27.6 Å². The summed E-state index contributed by atoms with van der Waals surface area (Å²) < 4.78 is 24.7. The molecule has 1 unspecified atom stereocenters. The standard InChI is InChI=1S/C36H44FN5O4S/c1-36(2,3)25-9-10-28-24(17-25)18-31-34(40-28)47-35(41-31)33(44)39-29(13-16-42-14-11-26(43)12-15-42)22-5-7-23(8-6-22)30-19-27(37)32(20-38-30)46-21-45-4/h5-8,18-20,25-26,29,43H,9-17,21H2,1-4H3,(H,39,44)/t25?,29-/m1/s1. The molecule has 3 aromatic heterocycles. The lowest BCUT2D eigenvalue weighted by atomic mass is 9.71. The Morgan fingerprint density at radius 2 is 1.91 bits per heavy atom. The first-order valence-electron chi connectivity index (χ1n) is 16.5. The van der Waals surface area contributed by atoms with E-state index in [0.717, 1.165) is 78.9 Å². The maximum absolute atomic E-state index is 14.6. The number of aliphatic hydroxyl groups excluding tert-OH is 1. The summed E-state index contributed by atoms with van der Waals surface area (Å²) in [7, 11) is 1.47. The van der Waals surface area contributed by atoms with E-state index in [9.17, 15) is 14.3 Å². The van der Waals surface area contributed by atoms with Crippen molar-refractivity contribution in [3.05, 3.63) is 70.2 Å². The number of nitrogens with zero attached hydrogens (tertiary/aromatic N) is 4. The average Bonchev–Trinajstić information content (AvgIpc) is 3.48. The number of fused-ring (bicyclic) bond motifs is 2. The molecule has 0 radical (unpaired) electrons. The highest BCUT2D eigenvalue weighted by molar-refractivity contribution is 7.19. The van der Waals surface area contributed by atoms with Crippen molar-refractivity contribution in [1.29, 1.82) is 0 Å². The van der Waals surface area contributed by atoms with Crippen LogP contribution in [-0.2, 0) is 17.6 Å². The van der Waals surface area contributed by atoms with E-state index in [-0.39, 0.29) is 36.0 Å². The molecular formula is C36H44FN5O4S. The summed E-state index contributed by atoms with van der Waals surface area (Å²) in [5.74, 6) is -0.125. The number of methoxy groups -OCH3 is 1.